The summed E-state index contributed by atoms with van der Waals surface area (Å²) in [4.78, 5) is 81.2. The molecule has 29 nitrogen and oxygen atoms in total. The Morgan fingerprint density at radius 1 is 0.475 bits per heavy atom. The van der Waals surface area contributed by atoms with Crippen LogP contribution in [-0.2, 0) is 37.9 Å². The Balaban J connectivity index is 0.000000133. The first-order valence-electron chi connectivity index (χ1n) is 43.9. The van der Waals surface area contributed by atoms with Crippen LogP contribution in [0.5, 0.6) is 0 Å². The second kappa shape index (κ2) is 37.6. The summed E-state index contributed by atoms with van der Waals surface area (Å²) in [6.07, 6.45) is 33.7. The fourth-order valence-electron chi connectivity index (χ4n) is 18.8. The third-order valence-electron chi connectivity index (χ3n) is 26.2. The number of nitrogens with zero attached hydrogens (tertiary/aromatic N) is 15. The van der Waals surface area contributed by atoms with Gasteiger partial charge in [-0.25, -0.2) is 15.0 Å². The Morgan fingerprint density at radius 3 is 1.21 bits per heavy atom. The largest absolute Gasteiger partial charge is 0.531 e. The van der Waals surface area contributed by atoms with E-state index < -0.39 is 0 Å². The fourth-order valence-corrected chi connectivity index (χ4v) is 19.0. The summed E-state index contributed by atoms with van der Waals surface area (Å²) in [5.41, 5.74) is 4.94. The highest BCUT2D eigenvalue weighted by Gasteiger charge is 2.54. The normalized spacial score (nSPS) is 26.1. The minimum absolute atomic E-state index is 0. The van der Waals surface area contributed by atoms with Gasteiger partial charge in [0.1, 0.15) is 39.7 Å². The van der Waals surface area contributed by atoms with Crippen molar-refractivity contribution < 1.29 is 37.9 Å². The molecule has 0 radical (unpaired) electrons. The number of amides is 3. The first kappa shape index (κ1) is 85.8. The van der Waals surface area contributed by atoms with E-state index in [0.717, 1.165) is 193 Å². The average Bonchev–Trinajstić information content (AvgIpc) is 1.01. The van der Waals surface area contributed by atoms with E-state index >= 15 is 0 Å². The van der Waals surface area contributed by atoms with Gasteiger partial charge in [0.15, 0.2) is 17.5 Å². The molecule has 13 aliphatic rings. The third kappa shape index (κ3) is 20.9. The van der Waals surface area contributed by atoms with Crippen molar-refractivity contribution in [1.29, 1.82) is 0 Å². The monoisotopic (exact) mass is 1640 g/mol. The smallest absolute Gasteiger partial charge is 0.501 e. The average molecular weight is 1640 g/mol. The Hall–Kier alpha value is -8.61. The Morgan fingerprint density at radius 2 is 0.856 bits per heavy atom. The van der Waals surface area contributed by atoms with Crippen molar-refractivity contribution in [3.05, 3.63) is 87.8 Å². The zero-order valence-electron chi connectivity index (χ0n) is 71.0. The van der Waals surface area contributed by atoms with Crippen molar-refractivity contribution in [2.45, 2.75) is 321 Å². The number of piperidine rings is 6. The maximum atomic E-state index is 13.1. The van der Waals surface area contributed by atoms with Crippen LogP contribution >= 0.6 is 11.6 Å². The van der Waals surface area contributed by atoms with Crippen molar-refractivity contribution in [3.63, 3.8) is 0 Å². The molecule has 6 bridgehead atoms. The molecule has 640 valence electrons. The Bertz CT molecular complexity index is 4420. The summed E-state index contributed by atoms with van der Waals surface area (Å²) >= 11 is 6.32. The van der Waals surface area contributed by atoms with Gasteiger partial charge >= 0.3 is 7.12 Å². The molecule has 6 N–H and O–H groups in total. The predicted molar refractivity (Wildman–Crippen MR) is 461 cm³/mol. The first-order valence-corrected chi connectivity index (χ1v) is 44.3. The molecular weight excluding hydrogens is 1510 g/mol. The molecule has 10 aliphatic heterocycles. The highest BCUT2D eigenvalue weighted by molar-refractivity contribution is 6.53. The number of H-pyrrole nitrogens is 3. The lowest BCUT2D eigenvalue weighted by atomic mass is 9.81. The summed E-state index contributed by atoms with van der Waals surface area (Å²) in [6.45, 7) is 20.3. The second-order valence-corrected chi connectivity index (χ2v) is 36.2. The van der Waals surface area contributed by atoms with Crippen LogP contribution in [0.2, 0.25) is 5.15 Å². The van der Waals surface area contributed by atoms with Gasteiger partial charge in [0.05, 0.1) is 36.2 Å². The van der Waals surface area contributed by atoms with Crippen molar-refractivity contribution in [3.8, 4) is 0 Å². The molecular formula is C87H129BClN21O8. The van der Waals surface area contributed by atoms with Crippen LogP contribution in [0.15, 0.2) is 54.2 Å². The zero-order chi connectivity index (χ0) is 81.8. The molecule has 16 heterocycles. The van der Waals surface area contributed by atoms with E-state index in [4.69, 9.17) is 60.0 Å². The summed E-state index contributed by atoms with van der Waals surface area (Å²) in [7, 11) is 5.92. The Kier molecular flexibility index (Phi) is 27.3. The van der Waals surface area contributed by atoms with Gasteiger partial charge in [-0.3, -0.25) is 29.7 Å². The van der Waals surface area contributed by atoms with Crippen molar-refractivity contribution >= 4 is 95.0 Å². The molecule has 31 heteroatoms. The molecule has 11 fully saturated rings. The molecule has 10 atom stereocenters. The number of ether oxygens (including phenoxy) is 3. The lowest BCUT2D eigenvalue weighted by molar-refractivity contribution is -0.142. The van der Waals surface area contributed by atoms with Crippen molar-refractivity contribution in [2.75, 3.05) is 71.6 Å². The zero-order valence-corrected chi connectivity index (χ0v) is 71.7. The van der Waals surface area contributed by atoms with Gasteiger partial charge in [0.2, 0.25) is 35.6 Å². The maximum Gasteiger partial charge on any atom is 0.531 e. The van der Waals surface area contributed by atoms with E-state index in [-0.39, 0.29) is 31.9 Å². The standard InChI is InChI=1S/C26H37N7O2.C26H35N7O2.C22H30ClN7O.C10H17BO3.C2H6.CH4/c2*1-16-11-24(31-30-16)28-23-15-21(22-7-4-10-35-22)27-26(29-23)32(2)20-13-18-5-3-6-19(14-20)33(18)25(34)12-17-8-9-17;1-13-8-20(28-27-13)25-19-12-18(23)24-22(26-19)29(2)17-10-15-4-3-5-16(11-17)30(15)21(31)9-14-6-7-14;1-9(2)10(3,4)14-11(13-9)8-6-5-7-12-8;1-2;/h11,15,17-20,22H,3-10,12-14H2,1-2H3,(H2,27,28,29,30,31);7,11,15,17-20H,3-6,8-10,12-14H2,1-2H3,(H2,27,28,29,30,31);8,12,14-17H,3-7,9-11H2,1-2H3,(H2,24,25,26,27,28);6H,5,7H2,1-4H3;1-2H3;1H4/t18-,19+,20?,22?;18-,19+,20?;15-,16+,17?;;;. The van der Waals surface area contributed by atoms with E-state index in [1.807, 2.05) is 106 Å². The third-order valence-corrected chi connectivity index (χ3v) is 26.4. The van der Waals surface area contributed by atoms with Crippen LogP contribution in [0.4, 0.5) is 52.8 Å². The highest BCUT2D eigenvalue weighted by Crippen LogP contribution is 2.46. The summed E-state index contributed by atoms with van der Waals surface area (Å²) < 4.78 is 28.9. The molecule has 6 aromatic rings. The van der Waals surface area contributed by atoms with Gasteiger partial charge in [-0.1, -0.05) is 32.9 Å². The summed E-state index contributed by atoms with van der Waals surface area (Å²) in [5, 5.41) is 31.9. The van der Waals surface area contributed by atoms with Crippen LogP contribution < -0.4 is 30.7 Å². The molecule has 6 aromatic heterocycles. The molecule has 3 aliphatic carbocycles. The predicted octanol–water partition coefficient (Wildman–Crippen LogP) is 16.1. The number of anilines is 9. The number of nitrogens with one attached hydrogen (secondary N) is 6. The molecule has 0 spiro atoms. The molecule has 19 rings (SSSR count). The molecule has 8 saturated heterocycles. The first-order chi connectivity index (χ1) is 56.4. The van der Waals surface area contributed by atoms with Crippen LogP contribution in [0, 0.1) is 38.5 Å². The van der Waals surface area contributed by atoms with Crippen molar-refractivity contribution in [2.24, 2.45) is 17.8 Å². The highest BCUT2D eigenvalue weighted by atomic mass is 35.5. The second-order valence-electron chi connectivity index (χ2n) is 35.8. The SMILES string of the molecule is C.CC.CC1(C)OB(C2=CCCO2)OC1(C)C.Cc1cc(Nc2cc(C3=CCCO3)nc(N(C)C3C[C@H]4CCC[C@@H](C3)N4C(=O)CC3CC3)n2)n[nH]1.Cc1cc(Nc2cc(C3CCCO3)nc(N(C)C3C[C@H]4CCC[C@@H](C3)N4C(=O)CC3CC3)n2)n[nH]1.Cc1cc(Nc2cc(Cl)nc(N(C)C3C[C@H]4CCC[C@@H](C3)N4C(=O)CC3CC3)n2)n[nH]1. The van der Waals surface area contributed by atoms with Gasteiger partial charge in [0, 0.05) is 168 Å². The molecule has 0 aromatic carbocycles. The summed E-state index contributed by atoms with van der Waals surface area (Å²) in [6, 6.07) is 14.3. The number of carbonyl (C=O) groups excluding carboxylic acids is 3. The number of carbonyl (C=O) groups is 3. The maximum absolute atomic E-state index is 13.1. The minimum atomic E-state index is -0.317. The summed E-state index contributed by atoms with van der Waals surface area (Å²) in [5.74, 6) is 10.1. The van der Waals surface area contributed by atoms with E-state index in [0.29, 0.717) is 137 Å². The van der Waals surface area contributed by atoms with Crippen LogP contribution in [0.3, 0.4) is 0 Å². The molecule has 4 unspecified atom stereocenters. The number of hydrogen-bond donors (Lipinski definition) is 6. The number of aromatic amines is 3. The Labute approximate surface area is 702 Å². The number of aryl methyl sites for hydroxylation is 3. The van der Waals surface area contributed by atoms with E-state index in [1.54, 1.807) is 6.07 Å². The van der Waals surface area contributed by atoms with Crippen molar-refractivity contribution in [1.82, 2.24) is 75.2 Å². The lowest BCUT2D eigenvalue weighted by Gasteiger charge is -2.50. The van der Waals surface area contributed by atoms with Crippen LogP contribution in [0.1, 0.15) is 263 Å². The van der Waals surface area contributed by atoms with Crippen LogP contribution in [0.25, 0.3) is 5.76 Å². The van der Waals surface area contributed by atoms with Gasteiger partial charge in [-0.2, -0.15) is 30.2 Å². The van der Waals surface area contributed by atoms with E-state index in [1.165, 1.54) is 57.8 Å². The number of hydrogen-bond acceptors (Lipinski definition) is 23. The molecule has 118 heavy (non-hydrogen) atoms. The topological polar surface area (TPSA) is 316 Å². The number of fused-ring (bicyclic) bond motifs is 6. The molecule has 3 saturated carbocycles. The van der Waals surface area contributed by atoms with Gasteiger partial charge < -0.3 is 68.9 Å². The number of aromatic nitrogens is 12. The van der Waals surface area contributed by atoms with Crippen LogP contribution in [-0.4, -0.2) is 207 Å². The van der Waals surface area contributed by atoms with Gasteiger partial charge in [-0.05, 0) is 226 Å². The number of rotatable bonds is 21. The quantitative estimate of drug-likeness (QED) is 0.0288. The number of halogens is 1. The fraction of sp³-hybridized carbons (Fsp3) is 0.678. The minimum Gasteiger partial charge on any atom is -0.501 e. The lowest BCUT2D eigenvalue weighted by Crippen LogP contribution is -2.58. The van der Waals surface area contributed by atoms with E-state index in [2.05, 4.69) is 101 Å². The van der Waals surface area contributed by atoms with E-state index in [9.17, 15) is 14.4 Å². The van der Waals surface area contributed by atoms with Gasteiger partial charge in [-0.15, -0.1) is 0 Å². The molecule has 3 amide bonds. The van der Waals surface area contributed by atoms with Gasteiger partial charge in [0.25, 0.3) is 0 Å².